The minimum Gasteiger partial charge on any atom is -0.381 e. The molecule has 0 saturated carbocycles. The molecule has 4 nitrogen and oxygen atoms in total. The van der Waals surface area contributed by atoms with Crippen molar-refractivity contribution in [2.75, 3.05) is 11.9 Å². The van der Waals surface area contributed by atoms with Crippen molar-refractivity contribution in [1.29, 1.82) is 0 Å². The lowest BCUT2D eigenvalue weighted by atomic mass is 10.1. The van der Waals surface area contributed by atoms with Crippen molar-refractivity contribution >= 4 is 27.5 Å². The first kappa shape index (κ1) is 15.0. The van der Waals surface area contributed by atoms with Crippen LogP contribution < -0.4 is 16.8 Å². The Kier molecular flexibility index (Phi) is 6.15. The zero-order valence-electron chi connectivity index (χ0n) is 10.6. The summed E-state index contributed by atoms with van der Waals surface area (Å²) in [6.45, 7) is 2.75. The maximum absolute atomic E-state index is 11.1. The van der Waals surface area contributed by atoms with Crippen molar-refractivity contribution in [3.8, 4) is 0 Å². The molecule has 1 unspecified atom stereocenters. The summed E-state index contributed by atoms with van der Waals surface area (Å²) in [5.74, 6) is -0.435. The molecule has 5 heteroatoms. The normalized spacial score (nSPS) is 12.2. The van der Waals surface area contributed by atoms with Gasteiger partial charge in [-0.3, -0.25) is 4.79 Å². The number of hydrogen-bond acceptors (Lipinski definition) is 3. The van der Waals surface area contributed by atoms with Crippen LogP contribution in [0, 0.1) is 0 Å². The zero-order valence-corrected chi connectivity index (χ0v) is 12.2. The molecule has 0 aliphatic carbocycles. The van der Waals surface area contributed by atoms with Crippen molar-refractivity contribution in [2.24, 2.45) is 11.5 Å². The topological polar surface area (TPSA) is 81.1 Å². The summed E-state index contributed by atoms with van der Waals surface area (Å²) in [4.78, 5) is 11.1. The number of unbranched alkanes of at least 4 members (excludes halogenated alkanes) is 1. The smallest absolute Gasteiger partial charge is 0.249 e. The van der Waals surface area contributed by atoms with Crippen LogP contribution in [0.2, 0.25) is 0 Å². The van der Waals surface area contributed by atoms with Crippen LogP contribution in [-0.2, 0) is 0 Å². The van der Waals surface area contributed by atoms with Gasteiger partial charge in [0.05, 0.1) is 5.56 Å². The fraction of sp³-hybridized carbons (Fsp3) is 0.462. The van der Waals surface area contributed by atoms with E-state index >= 15 is 0 Å². The van der Waals surface area contributed by atoms with E-state index in [0.29, 0.717) is 16.6 Å². The number of nitrogens with one attached hydrogen (secondary N) is 1. The lowest BCUT2D eigenvalue weighted by Crippen LogP contribution is -2.28. The molecule has 0 fully saturated rings. The predicted molar refractivity (Wildman–Crippen MR) is 78.7 cm³/mol. The SMILES string of the molecule is CCCCC(CN)Nc1ccc(C(N)=O)c(Br)c1. The highest BCUT2D eigenvalue weighted by molar-refractivity contribution is 9.10. The number of carbonyl (C=O) groups is 1. The van der Waals surface area contributed by atoms with Crippen LogP contribution in [0.4, 0.5) is 5.69 Å². The summed E-state index contributed by atoms with van der Waals surface area (Å²) >= 11 is 3.34. The van der Waals surface area contributed by atoms with Gasteiger partial charge in [0.1, 0.15) is 0 Å². The van der Waals surface area contributed by atoms with E-state index < -0.39 is 5.91 Å². The number of benzene rings is 1. The van der Waals surface area contributed by atoms with Crippen molar-refractivity contribution in [3.63, 3.8) is 0 Å². The third-order valence-electron chi connectivity index (χ3n) is 2.80. The van der Waals surface area contributed by atoms with Gasteiger partial charge in [-0.25, -0.2) is 0 Å². The Morgan fingerprint density at radius 2 is 2.22 bits per heavy atom. The number of rotatable bonds is 7. The van der Waals surface area contributed by atoms with Gasteiger partial charge >= 0.3 is 0 Å². The van der Waals surface area contributed by atoms with Crippen molar-refractivity contribution in [1.82, 2.24) is 0 Å². The Hall–Kier alpha value is -1.07. The summed E-state index contributed by atoms with van der Waals surface area (Å²) in [6.07, 6.45) is 3.35. The molecule has 0 aliphatic heterocycles. The fourth-order valence-corrected chi connectivity index (χ4v) is 2.31. The highest BCUT2D eigenvalue weighted by Crippen LogP contribution is 2.22. The minimum absolute atomic E-state index is 0.260. The molecule has 0 radical (unpaired) electrons. The molecule has 0 aromatic heterocycles. The van der Waals surface area contributed by atoms with Crippen LogP contribution in [-0.4, -0.2) is 18.5 Å². The van der Waals surface area contributed by atoms with Gasteiger partial charge in [0.25, 0.3) is 0 Å². The van der Waals surface area contributed by atoms with Crippen LogP contribution in [0.1, 0.15) is 36.5 Å². The highest BCUT2D eigenvalue weighted by Gasteiger charge is 2.09. The van der Waals surface area contributed by atoms with Gasteiger partial charge in [0.15, 0.2) is 0 Å². The maximum Gasteiger partial charge on any atom is 0.249 e. The molecule has 100 valence electrons. The largest absolute Gasteiger partial charge is 0.381 e. The van der Waals surface area contributed by atoms with Gasteiger partial charge in [0.2, 0.25) is 5.91 Å². The van der Waals surface area contributed by atoms with Crippen LogP contribution in [0.3, 0.4) is 0 Å². The Labute approximate surface area is 116 Å². The number of carbonyl (C=O) groups excluding carboxylic acids is 1. The summed E-state index contributed by atoms with van der Waals surface area (Å²) in [7, 11) is 0. The molecule has 5 N–H and O–H groups in total. The van der Waals surface area contributed by atoms with Gasteiger partial charge in [0, 0.05) is 22.7 Å². The van der Waals surface area contributed by atoms with E-state index in [1.54, 1.807) is 6.07 Å². The van der Waals surface area contributed by atoms with E-state index in [2.05, 4.69) is 28.2 Å². The van der Waals surface area contributed by atoms with Crippen LogP contribution >= 0.6 is 15.9 Å². The van der Waals surface area contributed by atoms with Crippen LogP contribution in [0.15, 0.2) is 22.7 Å². The molecule has 0 bridgehead atoms. The summed E-state index contributed by atoms with van der Waals surface area (Å²) in [5, 5.41) is 3.36. The van der Waals surface area contributed by atoms with E-state index in [4.69, 9.17) is 11.5 Å². The summed E-state index contributed by atoms with van der Waals surface area (Å²) in [5.41, 5.74) is 12.4. The van der Waals surface area contributed by atoms with E-state index in [0.717, 1.165) is 24.9 Å². The zero-order chi connectivity index (χ0) is 13.5. The third kappa shape index (κ3) is 4.31. The van der Waals surface area contributed by atoms with Crippen LogP contribution in [0.25, 0.3) is 0 Å². The van der Waals surface area contributed by atoms with E-state index in [9.17, 15) is 4.79 Å². The summed E-state index contributed by atoms with van der Waals surface area (Å²) < 4.78 is 0.700. The molecule has 0 heterocycles. The second-order valence-electron chi connectivity index (χ2n) is 4.28. The lowest BCUT2D eigenvalue weighted by Gasteiger charge is -2.18. The van der Waals surface area contributed by atoms with E-state index in [1.165, 1.54) is 0 Å². The van der Waals surface area contributed by atoms with Crippen molar-refractivity contribution in [3.05, 3.63) is 28.2 Å². The molecular weight excluding hydrogens is 294 g/mol. The van der Waals surface area contributed by atoms with Gasteiger partial charge < -0.3 is 16.8 Å². The highest BCUT2D eigenvalue weighted by atomic mass is 79.9. The molecule has 1 aromatic rings. The molecule has 1 rings (SSSR count). The quantitative estimate of drug-likeness (QED) is 0.723. The van der Waals surface area contributed by atoms with Crippen molar-refractivity contribution < 1.29 is 4.79 Å². The first-order chi connectivity index (χ1) is 8.58. The standard InChI is InChI=1S/C13H20BrN3O/c1-2-3-4-10(8-15)17-9-5-6-11(13(16)18)12(14)7-9/h5-7,10,17H,2-4,8,15H2,1H3,(H2,16,18). The molecule has 0 saturated heterocycles. The van der Waals surface area contributed by atoms with Crippen LogP contribution in [0.5, 0.6) is 0 Å². The molecule has 0 spiro atoms. The Balaban J connectivity index is 2.72. The second kappa shape index (κ2) is 7.38. The second-order valence-corrected chi connectivity index (χ2v) is 5.13. The Bertz CT molecular complexity index is 409. The van der Waals surface area contributed by atoms with Gasteiger partial charge in [-0.2, -0.15) is 0 Å². The number of halogens is 1. The van der Waals surface area contributed by atoms with E-state index in [-0.39, 0.29) is 6.04 Å². The Morgan fingerprint density at radius 3 is 2.72 bits per heavy atom. The minimum atomic E-state index is -0.435. The Morgan fingerprint density at radius 1 is 1.50 bits per heavy atom. The summed E-state index contributed by atoms with van der Waals surface area (Å²) in [6, 6.07) is 5.67. The predicted octanol–water partition coefficient (Wildman–Crippen LogP) is 2.48. The first-order valence-electron chi connectivity index (χ1n) is 6.14. The number of anilines is 1. The molecule has 1 atom stereocenters. The average molecular weight is 314 g/mol. The fourth-order valence-electron chi connectivity index (χ4n) is 1.74. The molecule has 0 aliphatic rings. The number of hydrogen-bond donors (Lipinski definition) is 3. The molecule has 1 amide bonds. The molecule has 1 aromatic carbocycles. The maximum atomic E-state index is 11.1. The van der Waals surface area contributed by atoms with Gasteiger partial charge in [-0.15, -0.1) is 0 Å². The van der Waals surface area contributed by atoms with Crippen molar-refractivity contribution in [2.45, 2.75) is 32.2 Å². The first-order valence-corrected chi connectivity index (χ1v) is 6.93. The number of nitrogens with two attached hydrogens (primary N) is 2. The van der Waals surface area contributed by atoms with Gasteiger partial charge in [-0.05, 0) is 40.5 Å². The van der Waals surface area contributed by atoms with E-state index in [1.807, 2.05) is 12.1 Å². The third-order valence-corrected chi connectivity index (χ3v) is 3.45. The average Bonchev–Trinajstić information content (AvgIpc) is 2.34. The lowest BCUT2D eigenvalue weighted by molar-refractivity contribution is 0.0999. The van der Waals surface area contributed by atoms with Gasteiger partial charge in [-0.1, -0.05) is 19.8 Å². The monoisotopic (exact) mass is 313 g/mol. The molecule has 18 heavy (non-hydrogen) atoms. The number of amides is 1. The molecular formula is C13H20BrN3O. The number of primary amides is 1.